The van der Waals surface area contributed by atoms with E-state index in [4.69, 9.17) is 0 Å². The first kappa shape index (κ1) is 18.6. The van der Waals surface area contributed by atoms with Gasteiger partial charge in [-0.3, -0.25) is 14.7 Å². The smallest absolute Gasteiger partial charge is 0.222 e. The van der Waals surface area contributed by atoms with Crippen molar-refractivity contribution >= 4 is 5.91 Å². The van der Waals surface area contributed by atoms with E-state index >= 15 is 0 Å². The average Bonchev–Trinajstić information content (AvgIpc) is 2.67. The third-order valence-corrected chi connectivity index (χ3v) is 5.22. The lowest BCUT2D eigenvalue weighted by Gasteiger charge is -2.33. The van der Waals surface area contributed by atoms with Crippen molar-refractivity contribution in [1.82, 2.24) is 14.8 Å². The molecule has 1 aromatic carbocycles. The normalized spacial score (nSPS) is 17.8. The molecule has 1 aromatic heterocycles. The number of rotatable bonds is 6. The largest absolute Gasteiger partial charge is 0.349 e. The molecule has 0 saturated carbocycles. The van der Waals surface area contributed by atoms with Gasteiger partial charge in [-0.25, -0.2) is 0 Å². The number of amides is 1. The third kappa shape index (κ3) is 5.15. The molecule has 1 aliphatic heterocycles. The maximum Gasteiger partial charge on any atom is 0.222 e. The van der Waals surface area contributed by atoms with Crippen LogP contribution in [-0.2, 0) is 11.3 Å². The summed E-state index contributed by atoms with van der Waals surface area (Å²) in [6.07, 6.45) is 7.86. The Labute approximate surface area is 156 Å². The van der Waals surface area contributed by atoms with Crippen LogP contribution in [0.1, 0.15) is 31.2 Å². The standard InChI is InChI=1S/C22H29N3O/c1-24(2)22(26)12-9-18-5-4-14-25(16-18)17-19-7-10-20(11-8-19)21-6-3-13-23-15-21/h3,6-8,10-11,13,15,18H,4-5,9,12,14,16-17H2,1-2H3/t18-/m0/s1. The number of piperidine rings is 1. The highest BCUT2D eigenvalue weighted by Crippen LogP contribution is 2.24. The summed E-state index contributed by atoms with van der Waals surface area (Å²) in [4.78, 5) is 20.2. The van der Waals surface area contributed by atoms with E-state index in [0.717, 1.165) is 31.6 Å². The van der Waals surface area contributed by atoms with E-state index in [-0.39, 0.29) is 5.91 Å². The minimum Gasteiger partial charge on any atom is -0.349 e. The van der Waals surface area contributed by atoms with Gasteiger partial charge in [0.25, 0.3) is 0 Å². The van der Waals surface area contributed by atoms with Gasteiger partial charge in [0.05, 0.1) is 0 Å². The summed E-state index contributed by atoms with van der Waals surface area (Å²) in [7, 11) is 3.68. The van der Waals surface area contributed by atoms with Crippen molar-refractivity contribution in [3.8, 4) is 11.1 Å². The predicted molar refractivity (Wildman–Crippen MR) is 106 cm³/mol. The maximum atomic E-state index is 11.8. The molecular formula is C22H29N3O. The second kappa shape index (κ2) is 8.95. The molecule has 4 heteroatoms. The van der Waals surface area contributed by atoms with Crippen molar-refractivity contribution in [1.29, 1.82) is 0 Å². The summed E-state index contributed by atoms with van der Waals surface area (Å²) in [6, 6.07) is 12.9. The molecule has 1 fully saturated rings. The first-order valence-corrected chi connectivity index (χ1v) is 9.53. The van der Waals surface area contributed by atoms with Crippen molar-refractivity contribution in [3.05, 3.63) is 54.4 Å². The fraction of sp³-hybridized carbons (Fsp3) is 0.455. The molecule has 0 bridgehead atoms. The lowest BCUT2D eigenvalue weighted by molar-refractivity contribution is -0.129. The number of carbonyl (C=O) groups excluding carboxylic acids is 1. The lowest BCUT2D eigenvalue weighted by Crippen LogP contribution is -2.35. The molecule has 3 rings (SSSR count). The van der Waals surface area contributed by atoms with Crippen molar-refractivity contribution in [2.24, 2.45) is 5.92 Å². The quantitative estimate of drug-likeness (QED) is 0.794. The van der Waals surface area contributed by atoms with Gasteiger partial charge in [0, 0.05) is 46.0 Å². The summed E-state index contributed by atoms with van der Waals surface area (Å²) in [5.41, 5.74) is 3.71. The van der Waals surface area contributed by atoms with Crippen LogP contribution in [0.2, 0.25) is 0 Å². The minimum atomic E-state index is 0.244. The van der Waals surface area contributed by atoms with Crippen molar-refractivity contribution < 1.29 is 4.79 Å². The highest BCUT2D eigenvalue weighted by molar-refractivity contribution is 5.75. The van der Waals surface area contributed by atoms with Crippen LogP contribution in [0.5, 0.6) is 0 Å². The van der Waals surface area contributed by atoms with E-state index in [1.165, 1.54) is 24.0 Å². The Balaban J connectivity index is 1.53. The number of benzene rings is 1. The molecule has 0 unspecified atom stereocenters. The van der Waals surface area contributed by atoms with E-state index in [1.807, 2.05) is 26.4 Å². The van der Waals surface area contributed by atoms with Crippen LogP contribution in [0, 0.1) is 5.92 Å². The van der Waals surface area contributed by atoms with Crippen LogP contribution in [-0.4, -0.2) is 47.9 Å². The van der Waals surface area contributed by atoms with Crippen molar-refractivity contribution in [2.75, 3.05) is 27.2 Å². The molecule has 0 N–H and O–H groups in total. The molecular weight excluding hydrogens is 322 g/mol. The monoisotopic (exact) mass is 351 g/mol. The molecule has 0 spiro atoms. The molecule has 1 atom stereocenters. The van der Waals surface area contributed by atoms with E-state index in [2.05, 4.69) is 40.2 Å². The lowest BCUT2D eigenvalue weighted by atomic mass is 9.93. The zero-order valence-electron chi connectivity index (χ0n) is 15.9. The van der Waals surface area contributed by atoms with Gasteiger partial charge >= 0.3 is 0 Å². The van der Waals surface area contributed by atoms with Gasteiger partial charge in [-0.1, -0.05) is 30.3 Å². The summed E-state index contributed by atoms with van der Waals surface area (Å²) >= 11 is 0. The number of hydrogen-bond acceptors (Lipinski definition) is 3. The number of carbonyl (C=O) groups is 1. The highest BCUT2D eigenvalue weighted by Gasteiger charge is 2.21. The fourth-order valence-electron chi connectivity index (χ4n) is 3.68. The van der Waals surface area contributed by atoms with Gasteiger partial charge < -0.3 is 4.90 Å². The van der Waals surface area contributed by atoms with Crippen molar-refractivity contribution in [3.63, 3.8) is 0 Å². The number of nitrogens with zero attached hydrogens (tertiary/aromatic N) is 3. The van der Waals surface area contributed by atoms with E-state index < -0.39 is 0 Å². The van der Waals surface area contributed by atoms with Gasteiger partial charge in [-0.15, -0.1) is 0 Å². The number of likely N-dealkylation sites (tertiary alicyclic amines) is 1. The number of hydrogen-bond donors (Lipinski definition) is 0. The van der Waals surface area contributed by atoms with Crippen LogP contribution in [0.25, 0.3) is 11.1 Å². The summed E-state index contributed by atoms with van der Waals surface area (Å²) in [6.45, 7) is 3.25. The Hall–Kier alpha value is -2.20. The predicted octanol–water partition coefficient (Wildman–Crippen LogP) is 3.83. The maximum absolute atomic E-state index is 11.8. The molecule has 0 aliphatic carbocycles. The second-order valence-corrected chi connectivity index (χ2v) is 7.51. The van der Waals surface area contributed by atoms with Crippen LogP contribution < -0.4 is 0 Å². The van der Waals surface area contributed by atoms with Crippen LogP contribution >= 0.6 is 0 Å². The molecule has 2 aromatic rings. The highest BCUT2D eigenvalue weighted by atomic mass is 16.2. The second-order valence-electron chi connectivity index (χ2n) is 7.51. The molecule has 0 radical (unpaired) electrons. The third-order valence-electron chi connectivity index (χ3n) is 5.22. The number of pyridine rings is 1. The molecule has 1 aliphatic rings. The van der Waals surface area contributed by atoms with Gasteiger partial charge in [0.1, 0.15) is 0 Å². The summed E-state index contributed by atoms with van der Waals surface area (Å²) in [5, 5.41) is 0. The van der Waals surface area contributed by atoms with E-state index in [0.29, 0.717) is 12.3 Å². The van der Waals surface area contributed by atoms with E-state index in [1.54, 1.807) is 11.1 Å². The average molecular weight is 351 g/mol. The Morgan fingerprint density at radius 3 is 2.69 bits per heavy atom. The van der Waals surface area contributed by atoms with Crippen LogP contribution in [0.3, 0.4) is 0 Å². The number of aromatic nitrogens is 1. The zero-order valence-corrected chi connectivity index (χ0v) is 15.9. The molecule has 26 heavy (non-hydrogen) atoms. The summed E-state index contributed by atoms with van der Waals surface area (Å²) < 4.78 is 0. The first-order chi connectivity index (χ1) is 12.6. The van der Waals surface area contributed by atoms with Crippen molar-refractivity contribution in [2.45, 2.75) is 32.2 Å². The zero-order chi connectivity index (χ0) is 18.4. The van der Waals surface area contributed by atoms with Gasteiger partial charge in [0.2, 0.25) is 5.91 Å². The fourth-order valence-corrected chi connectivity index (χ4v) is 3.68. The van der Waals surface area contributed by atoms with Gasteiger partial charge in [0.15, 0.2) is 0 Å². The Bertz CT molecular complexity index is 697. The molecule has 1 amide bonds. The SMILES string of the molecule is CN(C)C(=O)CC[C@@H]1CCCN(Cc2ccc(-c3cccnc3)cc2)C1. The van der Waals surface area contributed by atoms with Crippen LogP contribution in [0.15, 0.2) is 48.8 Å². The molecule has 4 nitrogen and oxygen atoms in total. The molecule has 1 saturated heterocycles. The Kier molecular flexibility index (Phi) is 6.40. The molecule has 2 heterocycles. The topological polar surface area (TPSA) is 36.4 Å². The van der Waals surface area contributed by atoms with Crippen LogP contribution in [0.4, 0.5) is 0 Å². The Morgan fingerprint density at radius 1 is 1.19 bits per heavy atom. The Morgan fingerprint density at radius 2 is 2.00 bits per heavy atom. The van der Waals surface area contributed by atoms with Gasteiger partial charge in [-0.2, -0.15) is 0 Å². The van der Waals surface area contributed by atoms with Gasteiger partial charge in [-0.05, 0) is 54.5 Å². The first-order valence-electron chi connectivity index (χ1n) is 9.53. The summed E-state index contributed by atoms with van der Waals surface area (Å²) in [5.74, 6) is 0.885. The minimum absolute atomic E-state index is 0.244. The molecule has 138 valence electrons. The van der Waals surface area contributed by atoms with E-state index in [9.17, 15) is 4.79 Å².